The first-order chi connectivity index (χ1) is 31.3. The monoisotopic (exact) mass is 867 g/mol. The zero-order valence-corrected chi connectivity index (χ0v) is 44.9. The van der Waals surface area contributed by atoms with Crippen LogP contribution in [0.5, 0.6) is 0 Å². The quantitative estimate of drug-likeness (QED) is 0.148. The third kappa shape index (κ3) is 23.7. The highest BCUT2D eigenvalue weighted by Crippen LogP contribution is 2.34. The van der Waals surface area contributed by atoms with Gasteiger partial charge in [-0.1, -0.05) is 178 Å². The highest BCUT2D eigenvalue weighted by molar-refractivity contribution is 5.74. The fourth-order valence-corrected chi connectivity index (χ4v) is 5.26. The van der Waals surface area contributed by atoms with Crippen molar-refractivity contribution >= 4 is 0 Å². The van der Waals surface area contributed by atoms with E-state index in [9.17, 15) is 0 Å². The zero-order chi connectivity index (χ0) is 50.0. The van der Waals surface area contributed by atoms with Crippen molar-refractivity contribution in [3.63, 3.8) is 0 Å². The number of hydrogen-bond acceptors (Lipinski definition) is 8. The van der Waals surface area contributed by atoms with Crippen molar-refractivity contribution in [1.29, 1.82) is 0 Å². The van der Waals surface area contributed by atoms with Crippen LogP contribution in [-0.2, 0) is 19.3 Å². The Labute approximate surface area is 389 Å². The number of pyridine rings is 4. The molecule has 0 unspecified atom stereocenters. The number of hydrogen-bond donors (Lipinski definition) is 0. The molecular weight excluding hydrogens is 773 g/mol. The molecule has 0 aliphatic heterocycles. The van der Waals surface area contributed by atoms with Gasteiger partial charge in [-0.2, -0.15) is 20.4 Å². The normalized spacial score (nSPS) is 8.76. The molecule has 0 saturated carbocycles. The summed E-state index contributed by atoms with van der Waals surface area (Å²) >= 11 is 0. The minimum absolute atomic E-state index is 0.819. The summed E-state index contributed by atoms with van der Waals surface area (Å²) in [6, 6.07) is 16.3. The average Bonchev–Trinajstić information content (AvgIpc) is 4.13. The highest BCUT2D eigenvalue weighted by Gasteiger charge is 2.21. The molecule has 0 aromatic carbocycles. The molecule has 9 rings (SSSR count). The predicted molar refractivity (Wildman–Crippen MR) is 283 cm³/mol. The van der Waals surface area contributed by atoms with E-state index < -0.39 is 0 Å². The fourth-order valence-electron chi connectivity index (χ4n) is 5.26. The Bertz CT molecular complexity index is 1480. The van der Waals surface area contributed by atoms with E-state index in [0.717, 1.165) is 47.6 Å². The lowest BCUT2D eigenvalue weighted by atomic mass is 10.1. The van der Waals surface area contributed by atoms with Gasteiger partial charge in [-0.15, -0.1) is 0 Å². The molecule has 0 atom stereocenters. The van der Waals surface area contributed by atoms with Crippen molar-refractivity contribution in [3.05, 3.63) is 132 Å². The smallest absolute Gasteiger partial charge is 0.0983 e. The standard InChI is InChI=1S/C11H8N2.2C10H7N3.12C2H6/c1-2-9-6-8-3-5-12-7-10(8)11(9)13-4-1;1-3-11-6-9-7(1)5-8-2-4-12-13-10(8)9;1-2-7-8-3-5-12-13-10(8)6-9(7)11-4-1;12*1-2/h1-5,7H,6H2;1-4,6H,5H2;1-5H,6H2;12*1-2H3. The lowest BCUT2D eigenvalue weighted by Crippen LogP contribution is -1.88. The first kappa shape index (κ1) is 69.5. The van der Waals surface area contributed by atoms with Crippen LogP contribution in [0.3, 0.4) is 0 Å². The lowest BCUT2D eigenvalue weighted by Gasteiger charge is -1.96. The van der Waals surface area contributed by atoms with E-state index in [1.165, 1.54) is 38.9 Å². The molecule has 6 aromatic rings. The third-order valence-electron chi connectivity index (χ3n) is 7.10. The van der Waals surface area contributed by atoms with Crippen LogP contribution in [0.25, 0.3) is 33.6 Å². The van der Waals surface area contributed by atoms with Gasteiger partial charge < -0.3 is 0 Å². The summed E-state index contributed by atoms with van der Waals surface area (Å²) < 4.78 is 0. The van der Waals surface area contributed by atoms with Crippen LogP contribution < -0.4 is 0 Å². The van der Waals surface area contributed by atoms with Crippen molar-refractivity contribution in [3.8, 4) is 33.6 Å². The van der Waals surface area contributed by atoms with Crippen molar-refractivity contribution < 1.29 is 0 Å². The van der Waals surface area contributed by atoms with Gasteiger partial charge in [0.15, 0.2) is 0 Å². The summed E-state index contributed by atoms with van der Waals surface area (Å²) in [5.41, 5.74) is 14.1. The Kier molecular flexibility index (Phi) is 58.3. The Morgan fingerprint density at radius 2 is 0.698 bits per heavy atom. The summed E-state index contributed by atoms with van der Waals surface area (Å²) in [5.74, 6) is 0. The van der Waals surface area contributed by atoms with Crippen LogP contribution in [0, 0.1) is 0 Å². The van der Waals surface area contributed by atoms with E-state index in [0.29, 0.717) is 0 Å². The fraction of sp³-hybridized carbons (Fsp3) is 0.491. The third-order valence-corrected chi connectivity index (χ3v) is 7.10. The maximum absolute atomic E-state index is 4.36. The molecule has 6 heterocycles. The molecule has 3 aliphatic rings. The second kappa shape index (κ2) is 52.9. The molecule has 354 valence electrons. The van der Waals surface area contributed by atoms with Gasteiger partial charge in [0, 0.05) is 84.9 Å². The zero-order valence-electron chi connectivity index (χ0n) is 44.9. The van der Waals surface area contributed by atoms with E-state index in [2.05, 4.69) is 58.5 Å². The van der Waals surface area contributed by atoms with Crippen molar-refractivity contribution in [1.82, 2.24) is 40.3 Å². The second-order valence-corrected chi connectivity index (χ2v) is 9.40. The summed E-state index contributed by atoms with van der Waals surface area (Å²) in [5, 5.41) is 15.9. The van der Waals surface area contributed by atoms with E-state index in [4.69, 9.17) is 0 Å². The molecule has 8 nitrogen and oxygen atoms in total. The molecule has 0 bridgehead atoms. The molecule has 3 aliphatic carbocycles. The lowest BCUT2D eigenvalue weighted by molar-refractivity contribution is 0.947. The highest BCUT2D eigenvalue weighted by atomic mass is 15.1. The number of nitrogens with zero attached hydrogens (tertiary/aromatic N) is 8. The van der Waals surface area contributed by atoms with Crippen LogP contribution in [0.2, 0.25) is 0 Å². The van der Waals surface area contributed by atoms with Crippen molar-refractivity contribution in [2.24, 2.45) is 0 Å². The summed E-state index contributed by atoms with van der Waals surface area (Å²) in [6.07, 6.45) is 17.3. The minimum atomic E-state index is 0.819. The molecule has 63 heavy (non-hydrogen) atoms. The molecule has 0 amide bonds. The van der Waals surface area contributed by atoms with Gasteiger partial charge in [0.1, 0.15) is 0 Å². The van der Waals surface area contributed by atoms with Gasteiger partial charge in [-0.25, -0.2) is 0 Å². The Hall–Kier alpha value is -5.24. The van der Waals surface area contributed by atoms with E-state index in [1.807, 2.05) is 234 Å². The van der Waals surface area contributed by atoms with Gasteiger partial charge in [0.05, 0.1) is 29.0 Å². The first-order valence-corrected chi connectivity index (χ1v) is 24.7. The molecular formula is C55H94N8. The van der Waals surface area contributed by atoms with E-state index in [1.54, 1.807) is 12.4 Å². The SMILES string of the molecule is CC.CC.CC.CC.CC.CC.CC.CC.CC.CC.CC.CC.c1cc2c(cn1)-c1nnccc1C2.c1cnc2c(c1)-c1ccnnc1C2.c1cnc2c(c1)Cc1ccncc1-2. The average molecular weight is 867 g/mol. The molecule has 6 aromatic heterocycles. The van der Waals surface area contributed by atoms with Crippen LogP contribution in [0.15, 0.2) is 98.1 Å². The molecule has 0 saturated heterocycles. The Morgan fingerprint density at radius 3 is 1.22 bits per heavy atom. The number of aromatic nitrogens is 8. The van der Waals surface area contributed by atoms with Crippen LogP contribution in [0.4, 0.5) is 0 Å². The first-order valence-electron chi connectivity index (χ1n) is 24.7. The Morgan fingerprint density at radius 1 is 0.302 bits per heavy atom. The summed E-state index contributed by atoms with van der Waals surface area (Å²) in [7, 11) is 0. The van der Waals surface area contributed by atoms with Gasteiger partial charge >= 0.3 is 0 Å². The molecule has 8 heteroatoms. The molecule has 0 spiro atoms. The van der Waals surface area contributed by atoms with Crippen LogP contribution in [-0.4, -0.2) is 40.3 Å². The van der Waals surface area contributed by atoms with Gasteiger partial charge in [0.2, 0.25) is 0 Å². The number of fused-ring (bicyclic) bond motifs is 9. The molecule has 0 radical (unpaired) electrons. The van der Waals surface area contributed by atoms with Gasteiger partial charge in [0.25, 0.3) is 0 Å². The number of rotatable bonds is 0. The van der Waals surface area contributed by atoms with E-state index >= 15 is 0 Å². The Balaban J connectivity index is -0.000000156. The summed E-state index contributed by atoms with van der Waals surface area (Å²) in [6.45, 7) is 48.0. The largest absolute Gasteiger partial charge is 0.264 e. The maximum Gasteiger partial charge on any atom is 0.0983 e. The maximum atomic E-state index is 4.36. The van der Waals surface area contributed by atoms with Crippen LogP contribution >= 0.6 is 0 Å². The minimum Gasteiger partial charge on any atom is -0.264 e. The molecule has 0 fully saturated rings. The van der Waals surface area contributed by atoms with Crippen LogP contribution in [0.1, 0.15) is 200 Å². The van der Waals surface area contributed by atoms with Crippen molar-refractivity contribution in [2.75, 3.05) is 0 Å². The second-order valence-electron chi connectivity index (χ2n) is 9.40. The van der Waals surface area contributed by atoms with Gasteiger partial charge in [-0.05, 0) is 58.7 Å². The topological polar surface area (TPSA) is 103 Å². The predicted octanol–water partition coefficient (Wildman–Crippen LogP) is 17.2. The summed E-state index contributed by atoms with van der Waals surface area (Å²) in [4.78, 5) is 16.9. The van der Waals surface area contributed by atoms with Crippen molar-refractivity contribution in [2.45, 2.75) is 185 Å². The van der Waals surface area contributed by atoms with E-state index in [-0.39, 0.29) is 0 Å². The van der Waals surface area contributed by atoms with Gasteiger partial charge in [-0.3, -0.25) is 19.9 Å². The molecule has 0 N–H and O–H groups in total.